The minimum absolute atomic E-state index is 0.114. The van der Waals surface area contributed by atoms with Crippen LogP contribution in [0.15, 0.2) is 148 Å². The van der Waals surface area contributed by atoms with E-state index in [0.29, 0.717) is 0 Å². The van der Waals surface area contributed by atoms with Crippen LogP contribution in [0.3, 0.4) is 0 Å². The maximum atomic E-state index is 5.73. The van der Waals surface area contributed by atoms with Crippen LogP contribution in [0, 0.1) is 0 Å². The molecule has 0 saturated heterocycles. The normalized spacial score (nSPS) is 17.6. The van der Waals surface area contributed by atoms with Crippen LogP contribution in [0.2, 0.25) is 0 Å². The van der Waals surface area contributed by atoms with E-state index >= 15 is 0 Å². The van der Waals surface area contributed by atoms with Gasteiger partial charge in [0.1, 0.15) is 0 Å². The number of hydrogen-bond acceptors (Lipinski definition) is 1. The van der Waals surface area contributed by atoms with Gasteiger partial charge in [-0.1, -0.05) is 103 Å². The summed E-state index contributed by atoms with van der Waals surface area (Å²) in [6.07, 6.45) is 12.3. The van der Waals surface area contributed by atoms with Crippen LogP contribution in [-0.2, 0) is 6.42 Å². The Bertz CT molecular complexity index is 1970. The van der Waals surface area contributed by atoms with Crippen molar-refractivity contribution < 1.29 is 0 Å². The van der Waals surface area contributed by atoms with Crippen LogP contribution >= 0.6 is 10.0 Å². The van der Waals surface area contributed by atoms with Crippen LogP contribution < -0.4 is 10.6 Å². The summed E-state index contributed by atoms with van der Waals surface area (Å²) in [5.41, 5.74) is 10.3. The van der Waals surface area contributed by atoms with Gasteiger partial charge in [-0.05, 0) is 80.1 Å². The number of rotatable bonds is 6. The van der Waals surface area contributed by atoms with Gasteiger partial charge in [0.05, 0.1) is 10.7 Å². The highest BCUT2D eigenvalue weighted by Gasteiger charge is 2.43. The Morgan fingerprint density at radius 2 is 1.35 bits per heavy atom. The van der Waals surface area contributed by atoms with Gasteiger partial charge in [0, 0.05) is 42.6 Å². The van der Waals surface area contributed by atoms with E-state index in [1.807, 2.05) is 0 Å². The maximum absolute atomic E-state index is 5.73. The van der Waals surface area contributed by atoms with Crippen molar-refractivity contribution in [1.29, 1.82) is 0 Å². The SMILES string of the molecule is C1=CC(S(c2ccccc2)(c2ccccc2)C2CCCC(c3ccccc3)=N2)=c2c3c(n(-c4ccccc4)c2=1)CCC=C3. The Labute approximate surface area is 255 Å². The second kappa shape index (κ2) is 10.9. The van der Waals surface area contributed by atoms with Gasteiger partial charge in [0.2, 0.25) is 0 Å². The Morgan fingerprint density at radius 1 is 0.721 bits per heavy atom. The first-order chi connectivity index (χ1) is 21.4. The van der Waals surface area contributed by atoms with Crippen molar-refractivity contribution in [2.75, 3.05) is 0 Å². The monoisotopic (exact) mass is 574 g/mol. The zero-order valence-electron chi connectivity index (χ0n) is 24.2. The van der Waals surface area contributed by atoms with Crippen LogP contribution in [0.25, 0.3) is 22.4 Å². The van der Waals surface area contributed by atoms with E-state index in [0.717, 1.165) is 32.1 Å². The quantitative estimate of drug-likeness (QED) is 0.194. The summed E-state index contributed by atoms with van der Waals surface area (Å²) in [5.74, 6) is 0. The minimum Gasteiger partial charge on any atom is -0.306 e. The Kier molecular flexibility index (Phi) is 6.63. The average molecular weight is 575 g/mol. The smallest absolute Gasteiger partial charge is 0.0980 e. The number of fused-ring (bicyclic) bond motifs is 3. The number of aliphatic imine (C=N–C) groups is 1. The predicted octanol–water partition coefficient (Wildman–Crippen LogP) is 8.42. The molecular weight excluding hydrogens is 541 g/mol. The molecule has 3 heteroatoms. The fourth-order valence-electron chi connectivity index (χ4n) is 7.17. The molecule has 43 heavy (non-hydrogen) atoms. The summed E-state index contributed by atoms with van der Waals surface area (Å²) in [4.78, 5) is 9.86. The van der Waals surface area contributed by atoms with Gasteiger partial charge in [-0.15, -0.1) is 10.0 Å². The van der Waals surface area contributed by atoms with E-state index in [-0.39, 0.29) is 5.37 Å². The van der Waals surface area contributed by atoms with Crippen LogP contribution in [0.5, 0.6) is 0 Å². The molecule has 0 radical (unpaired) electrons. The topological polar surface area (TPSA) is 17.3 Å². The summed E-state index contributed by atoms with van der Waals surface area (Å²) in [6, 6.07) is 44.2. The van der Waals surface area contributed by atoms with Gasteiger partial charge in [0.25, 0.3) is 0 Å². The molecule has 5 aromatic rings. The summed E-state index contributed by atoms with van der Waals surface area (Å²) >= 11 is 0. The van der Waals surface area contributed by atoms with E-state index in [9.17, 15) is 0 Å². The summed E-state index contributed by atoms with van der Waals surface area (Å²) in [6.45, 7) is 0. The van der Waals surface area contributed by atoms with Crippen LogP contribution in [-0.4, -0.2) is 15.7 Å². The zero-order chi connectivity index (χ0) is 28.6. The van der Waals surface area contributed by atoms with Crippen molar-refractivity contribution in [1.82, 2.24) is 4.57 Å². The molecule has 0 N–H and O–H groups in total. The van der Waals surface area contributed by atoms with E-state index in [4.69, 9.17) is 4.99 Å². The molecule has 3 aliphatic rings. The van der Waals surface area contributed by atoms with Gasteiger partial charge in [0.15, 0.2) is 0 Å². The molecule has 8 rings (SSSR count). The van der Waals surface area contributed by atoms with E-state index in [1.54, 1.807) is 0 Å². The third kappa shape index (κ3) is 4.23. The molecule has 1 atom stereocenters. The van der Waals surface area contributed by atoms with Gasteiger partial charge in [-0.25, -0.2) is 0 Å². The second-order valence-corrected chi connectivity index (χ2v) is 14.7. The van der Waals surface area contributed by atoms with Gasteiger partial charge in [-0.2, -0.15) is 0 Å². The van der Waals surface area contributed by atoms with Crippen molar-refractivity contribution in [3.8, 4) is 5.69 Å². The zero-order valence-corrected chi connectivity index (χ0v) is 25.0. The number of allylic oxidation sites excluding steroid dienone is 1. The molecule has 1 aliphatic heterocycles. The van der Waals surface area contributed by atoms with Crippen molar-refractivity contribution in [3.63, 3.8) is 0 Å². The average Bonchev–Trinajstić information content (AvgIpc) is 3.66. The minimum atomic E-state index is -1.83. The van der Waals surface area contributed by atoms with Crippen molar-refractivity contribution in [2.45, 2.75) is 47.3 Å². The van der Waals surface area contributed by atoms with Gasteiger partial charge in [-0.3, -0.25) is 4.99 Å². The van der Waals surface area contributed by atoms with Gasteiger partial charge < -0.3 is 4.57 Å². The lowest BCUT2D eigenvalue weighted by atomic mass is 10.0. The van der Waals surface area contributed by atoms with E-state index < -0.39 is 10.0 Å². The van der Waals surface area contributed by atoms with Crippen LogP contribution in [0.4, 0.5) is 0 Å². The first-order valence-electron chi connectivity index (χ1n) is 15.4. The largest absolute Gasteiger partial charge is 0.306 e. The number of aromatic nitrogens is 1. The second-order valence-electron chi connectivity index (χ2n) is 11.4. The molecule has 1 aromatic heterocycles. The summed E-state index contributed by atoms with van der Waals surface area (Å²) in [7, 11) is -1.83. The fourth-order valence-corrected chi connectivity index (χ4v) is 11.6. The van der Waals surface area contributed by atoms with Gasteiger partial charge >= 0.3 is 0 Å². The van der Waals surface area contributed by atoms with Crippen molar-refractivity contribution in [2.24, 2.45) is 4.99 Å². The lowest BCUT2D eigenvalue weighted by Crippen LogP contribution is -2.32. The number of nitrogens with zero attached hydrogens (tertiary/aromatic N) is 2. The lowest BCUT2D eigenvalue weighted by Gasteiger charge is -2.47. The highest BCUT2D eigenvalue weighted by Crippen LogP contribution is 2.73. The standard InChI is InChI=1S/C40H34N2S/c1-5-16-30(17-6-1)35-25-15-27-39(41-35)43(32-20-9-3-10-21-32,33-22-11-4-12-23-33)38-29-28-37-40(38)34-24-13-14-26-36(34)42(37)31-18-7-2-8-19-31/h1-13,16-24,29,39H,14-15,25-27H2. The molecule has 2 heterocycles. The lowest BCUT2D eigenvalue weighted by molar-refractivity contribution is 0.696. The predicted molar refractivity (Wildman–Crippen MR) is 181 cm³/mol. The first kappa shape index (κ1) is 26.1. The Balaban J connectivity index is 1.49. The molecule has 210 valence electrons. The number of benzene rings is 4. The van der Waals surface area contributed by atoms with Crippen LogP contribution in [0.1, 0.15) is 42.5 Å². The Morgan fingerprint density at radius 3 is 2.02 bits per heavy atom. The maximum Gasteiger partial charge on any atom is 0.0980 e. The molecule has 2 nitrogen and oxygen atoms in total. The molecule has 4 aromatic carbocycles. The molecule has 0 amide bonds. The number of para-hydroxylation sites is 1. The van der Waals surface area contributed by atoms with Crippen molar-refractivity contribution >= 4 is 32.5 Å². The number of hydrogen-bond donors (Lipinski definition) is 0. The molecule has 0 saturated carbocycles. The van der Waals surface area contributed by atoms with E-state index in [2.05, 4.69) is 150 Å². The van der Waals surface area contributed by atoms with Crippen molar-refractivity contribution in [3.05, 3.63) is 161 Å². The molecule has 0 fully saturated rings. The third-order valence-electron chi connectivity index (χ3n) is 9.00. The molecular formula is C40H34N2S. The fraction of sp³-hybridized carbons (Fsp3) is 0.150. The summed E-state index contributed by atoms with van der Waals surface area (Å²) in [5, 5.41) is 2.65. The molecule has 1 unspecified atom stereocenters. The highest BCUT2D eigenvalue weighted by molar-refractivity contribution is 8.41. The molecule has 0 spiro atoms. The summed E-state index contributed by atoms with van der Waals surface area (Å²) < 4.78 is 2.47. The highest BCUT2D eigenvalue weighted by atomic mass is 32.3. The first-order valence-corrected chi connectivity index (χ1v) is 17.1. The molecule has 2 aliphatic carbocycles. The third-order valence-corrected chi connectivity index (χ3v) is 13.2. The Hall–Kier alpha value is -4.56. The molecule has 0 bridgehead atoms. The van der Waals surface area contributed by atoms with E-state index in [1.165, 1.54) is 53.5 Å².